The third-order valence-electron chi connectivity index (χ3n) is 5.24. The second kappa shape index (κ2) is 8.37. The number of para-hydroxylation sites is 1. The van der Waals surface area contributed by atoms with Crippen LogP contribution in [0.2, 0.25) is 0 Å². The van der Waals surface area contributed by atoms with Crippen LogP contribution in [0.4, 0.5) is 5.69 Å². The number of rotatable bonds is 6. The van der Waals surface area contributed by atoms with Crippen LogP contribution in [0.15, 0.2) is 54.6 Å². The molecule has 1 atom stereocenters. The van der Waals surface area contributed by atoms with E-state index < -0.39 is 12.0 Å². The highest BCUT2D eigenvalue weighted by Gasteiger charge is 2.29. The van der Waals surface area contributed by atoms with Crippen LogP contribution >= 0.6 is 0 Å². The van der Waals surface area contributed by atoms with E-state index in [1.54, 1.807) is 0 Å². The first-order chi connectivity index (χ1) is 12.5. The Balaban J connectivity index is 1.63. The molecule has 1 N–H and O–H groups in total. The maximum Gasteiger partial charge on any atom is 0.321 e. The van der Waals surface area contributed by atoms with Gasteiger partial charge < -0.3 is 10.0 Å². The maximum atomic E-state index is 11.9. The molecule has 1 aliphatic heterocycles. The van der Waals surface area contributed by atoms with E-state index in [0.29, 0.717) is 12.3 Å². The predicted octanol–water partition coefficient (Wildman–Crippen LogP) is 3.63. The molecule has 26 heavy (non-hydrogen) atoms. The van der Waals surface area contributed by atoms with E-state index in [9.17, 15) is 9.90 Å². The van der Waals surface area contributed by atoms with Gasteiger partial charge in [0.05, 0.1) is 0 Å². The number of carboxylic acid groups (broad SMARTS) is 1. The summed E-state index contributed by atoms with van der Waals surface area (Å²) in [6, 6.07) is 18.3. The Morgan fingerprint density at radius 1 is 0.962 bits per heavy atom. The van der Waals surface area contributed by atoms with Crippen molar-refractivity contribution in [1.29, 1.82) is 0 Å². The maximum absolute atomic E-state index is 11.9. The highest BCUT2D eigenvalue weighted by Crippen LogP contribution is 2.20. The third-order valence-corrected chi connectivity index (χ3v) is 5.24. The van der Waals surface area contributed by atoms with E-state index >= 15 is 0 Å². The summed E-state index contributed by atoms with van der Waals surface area (Å²) in [6.07, 6.45) is 0.555. The van der Waals surface area contributed by atoms with E-state index in [2.05, 4.69) is 60.0 Å². The molecule has 0 radical (unpaired) electrons. The summed E-state index contributed by atoms with van der Waals surface area (Å²) in [5, 5.41) is 9.76. The minimum absolute atomic E-state index is 0.460. The zero-order chi connectivity index (χ0) is 18.5. The Kier molecular flexibility index (Phi) is 5.94. The number of carbonyl (C=O) groups is 1. The van der Waals surface area contributed by atoms with E-state index in [1.807, 2.05) is 18.2 Å². The van der Waals surface area contributed by atoms with Gasteiger partial charge in [0.2, 0.25) is 0 Å². The van der Waals surface area contributed by atoms with Crippen molar-refractivity contribution in [1.82, 2.24) is 4.90 Å². The number of nitrogens with zero attached hydrogens (tertiary/aromatic N) is 2. The van der Waals surface area contributed by atoms with Crippen LogP contribution in [-0.4, -0.2) is 48.2 Å². The molecule has 1 heterocycles. The molecule has 0 aliphatic carbocycles. The summed E-state index contributed by atoms with van der Waals surface area (Å²) in [5.41, 5.74) is 3.59. The molecule has 0 spiro atoms. The highest BCUT2D eigenvalue weighted by molar-refractivity contribution is 5.74. The number of aliphatic carboxylic acids is 1. The van der Waals surface area contributed by atoms with Gasteiger partial charge >= 0.3 is 5.97 Å². The van der Waals surface area contributed by atoms with Crippen LogP contribution in [0.3, 0.4) is 0 Å². The lowest BCUT2D eigenvalue weighted by Gasteiger charge is -2.38. The molecule has 0 saturated carbocycles. The highest BCUT2D eigenvalue weighted by atomic mass is 16.4. The number of hydrogen-bond donors (Lipinski definition) is 1. The van der Waals surface area contributed by atoms with Gasteiger partial charge in [-0.2, -0.15) is 0 Å². The van der Waals surface area contributed by atoms with Gasteiger partial charge in [0, 0.05) is 31.9 Å². The van der Waals surface area contributed by atoms with E-state index in [4.69, 9.17) is 0 Å². The molecule has 0 amide bonds. The number of carboxylic acids is 1. The van der Waals surface area contributed by atoms with Crippen LogP contribution in [-0.2, 0) is 11.2 Å². The fraction of sp³-hybridized carbons (Fsp3) is 0.409. The zero-order valence-corrected chi connectivity index (χ0v) is 15.6. The summed E-state index contributed by atoms with van der Waals surface area (Å²) < 4.78 is 0. The second-order valence-electron chi connectivity index (χ2n) is 7.31. The van der Waals surface area contributed by atoms with Crippen LogP contribution in [0, 0.1) is 0 Å². The van der Waals surface area contributed by atoms with Gasteiger partial charge in [-0.1, -0.05) is 56.3 Å². The first-order valence-electron chi connectivity index (χ1n) is 9.40. The Hall–Kier alpha value is -2.33. The minimum Gasteiger partial charge on any atom is -0.480 e. The molecule has 3 rings (SSSR count). The molecule has 4 heteroatoms. The van der Waals surface area contributed by atoms with Gasteiger partial charge in [0.25, 0.3) is 0 Å². The van der Waals surface area contributed by atoms with Gasteiger partial charge in [0.1, 0.15) is 6.04 Å². The van der Waals surface area contributed by atoms with Gasteiger partial charge in [0.15, 0.2) is 0 Å². The smallest absolute Gasteiger partial charge is 0.321 e. The average Bonchev–Trinajstić information content (AvgIpc) is 2.67. The fourth-order valence-electron chi connectivity index (χ4n) is 3.57. The lowest BCUT2D eigenvalue weighted by atomic mass is 9.98. The zero-order valence-electron chi connectivity index (χ0n) is 15.6. The lowest BCUT2D eigenvalue weighted by Crippen LogP contribution is -2.53. The number of piperazine rings is 1. The largest absolute Gasteiger partial charge is 0.480 e. The molecule has 1 fully saturated rings. The molecular weight excluding hydrogens is 324 g/mol. The monoisotopic (exact) mass is 352 g/mol. The van der Waals surface area contributed by atoms with E-state index in [1.165, 1.54) is 11.3 Å². The van der Waals surface area contributed by atoms with Gasteiger partial charge in [-0.25, -0.2) is 0 Å². The first-order valence-corrected chi connectivity index (χ1v) is 9.40. The summed E-state index contributed by atoms with van der Waals surface area (Å²) in [6.45, 7) is 7.61. The van der Waals surface area contributed by atoms with Crippen LogP contribution in [0.5, 0.6) is 0 Å². The number of anilines is 1. The van der Waals surface area contributed by atoms with Crippen LogP contribution < -0.4 is 4.90 Å². The Morgan fingerprint density at radius 3 is 2.12 bits per heavy atom. The number of hydrogen-bond acceptors (Lipinski definition) is 3. The Labute approximate surface area is 156 Å². The Bertz CT molecular complexity index is 705. The summed E-state index contributed by atoms with van der Waals surface area (Å²) in [5.74, 6) is -0.239. The van der Waals surface area contributed by atoms with Crippen molar-refractivity contribution in [3.05, 3.63) is 65.7 Å². The fourth-order valence-corrected chi connectivity index (χ4v) is 3.57. The van der Waals surface area contributed by atoms with Crippen molar-refractivity contribution in [3.8, 4) is 0 Å². The molecule has 0 bridgehead atoms. The molecule has 2 aromatic rings. The van der Waals surface area contributed by atoms with E-state index in [-0.39, 0.29) is 0 Å². The van der Waals surface area contributed by atoms with Gasteiger partial charge in [-0.15, -0.1) is 0 Å². The first kappa shape index (κ1) is 18.5. The molecule has 1 unspecified atom stereocenters. The topological polar surface area (TPSA) is 43.8 Å². The van der Waals surface area contributed by atoms with Crippen molar-refractivity contribution in [2.75, 3.05) is 31.1 Å². The summed E-state index contributed by atoms with van der Waals surface area (Å²) in [4.78, 5) is 16.3. The van der Waals surface area contributed by atoms with Crippen molar-refractivity contribution in [3.63, 3.8) is 0 Å². The van der Waals surface area contributed by atoms with Crippen LogP contribution in [0.1, 0.15) is 30.9 Å². The third kappa shape index (κ3) is 4.44. The minimum atomic E-state index is -0.730. The summed E-state index contributed by atoms with van der Waals surface area (Å²) in [7, 11) is 0. The van der Waals surface area contributed by atoms with Gasteiger partial charge in [-0.3, -0.25) is 9.69 Å². The molecule has 4 nitrogen and oxygen atoms in total. The lowest BCUT2D eigenvalue weighted by molar-refractivity contribution is -0.143. The Morgan fingerprint density at radius 2 is 1.58 bits per heavy atom. The molecule has 1 saturated heterocycles. The standard InChI is InChI=1S/C22H28N2O2/c1-17(2)19-10-8-18(9-11-19)16-21(22(25)26)24-14-12-23(13-15-24)20-6-4-3-5-7-20/h3-11,17,21H,12-16H2,1-2H3,(H,25,26). The predicted molar refractivity (Wildman–Crippen MR) is 106 cm³/mol. The molecule has 0 aromatic heterocycles. The average molecular weight is 352 g/mol. The molecule has 1 aliphatic rings. The van der Waals surface area contributed by atoms with Crippen LogP contribution in [0.25, 0.3) is 0 Å². The van der Waals surface area contributed by atoms with Crippen molar-refractivity contribution in [2.24, 2.45) is 0 Å². The second-order valence-corrected chi connectivity index (χ2v) is 7.31. The SMILES string of the molecule is CC(C)c1ccc(CC(C(=O)O)N2CCN(c3ccccc3)CC2)cc1. The van der Waals surface area contributed by atoms with E-state index in [0.717, 1.165) is 31.7 Å². The quantitative estimate of drug-likeness (QED) is 0.862. The molecule has 2 aromatic carbocycles. The van der Waals surface area contributed by atoms with Gasteiger partial charge in [-0.05, 0) is 35.6 Å². The van der Waals surface area contributed by atoms with Crippen molar-refractivity contribution >= 4 is 11.7 Å². The molecular formula is C22H28N2O2. The normalized spacial score (nSPS) is 16.7. The summed E-state index contributed by atoms with van der Waals surface area (Å²) >= 11 is 0. The van der Waals surface area contributed by atoms with Crippen molar-refractivity contribution < 1.29 is 9.90 Å². The van der Waals surface area contributed by atoms with Crippen molar-refractivity contribution in [2.45, 2.75) is 32.2 Å². The molecule has 138 valence electrons. The number of benzene rings is 2.